The molecule has 0 fully saturated rings. The molecule has 1 N–H and O–H groups in total. The third-order valence-corrected chi connectivity index (χ3v) is 2.59. The average Bonchev–Trinajstić information content (AvgIpc) is 2.66. The number of ether oxygens (including phenoxy) is 1. The lowest BCUT2D eigenvalue weighted by Crippen LogP contribution is -2.09. The highest BCUT2D eigenvalue weighted by Gasteiger charge is 2.08. The maximum absolute atomic E-state index is 5.09. The lowest BCUT2D eigenvalue weighted by atomic mass is 10.2. The van der Waals surface area contributed by atoms with Crippen molar-refractivity contribution in [3.05, 3.63) is 30.0 Å². The molecule has 0 saturated carbocycles. The molecular formula is C12H17N3O. The van der Waals surface area contributed by atoms with Crippen molar-refractivity contribution < 1.29 is 4.74 Å². The Morgan fingerprint density at radius 1 is 1.38 bits per heavy atom. The van der Waals surface area contributed by atoms with Gasteiger partial charge in [0.2, 0.25) is 0 Å². The second kappa shape index (κ2) is 5.09. The van der Waals surface area contributed by atoms with Gasteiger partial charge >= 0.3 is 0 Å². The number of fused-ring (bicyclic) bond motifs is 1. The number of nitrogens with one attached hydrogen (secondary N) is 1. The number of rotatable bonds is 5. The molecule has 0 amide bonds. The van der Waals surface area contributed by atoms with Crippen LogP contribution < -0.4 is 5.32 Å². The zero-order valence-electron chi connectivity index (χ0n) is 9.73. The molecule has 0 aliphatic carbocycles. The Morgan fingerprint density at radius 3 is 2.94 bits per heavy atom. The van der Waals surface area contributed by atoms with Crippen molar-refractivity contribution >= 4 is 10.9 Å². The summed E-state index contributed by atoms with van der Waals surface area (Å²) in [6.45, 7) is 2.27. The van der Waals surface area contributed by atoms with E-state index in [1.165, 1.54) is 10.9 Å². The van der Waals surface area contributed by atoms with Gasteiger partial charge in [-0.3, -0.25) is 4.68 Å². The molecule has 0 atom stereocenters. The number of methoxy groups -OCH3 is 1. The molecule has 0 spiro atoms. The molecule has 1 aromatic carbocycles. The summed E-state index contributed by atoms with van der Waals surface area (Å²) in [4.78, 5) is 0. The number of hydrogen-bond acceptors (Lipinski definition) is 3. The number of nitrogens with zero attached hydrogens (tertiary/aromatic N) is 2. The van der Waals surface area contributed by atoms with E-state index >= 15 is 0 Å². The molecule has 0 bridgehead atoms. The maximum Gasteiger partial charge on any atom is 0.0841 e. The summed E-state index contributed by atoms with van der Waals surface area (Å²) in [7, 11) is 3.64. The van der Waals surface area contributed by atoms with Crippen LogP contribution in [0.1, 0.15) is 5.69 Å². The van der Waals surface area contributed by atoms with Gasteiger partial charge in [0.25, 0.3) is 0 Å². The fraction of sp³-hybridized carbons (Fsp3) is 0.417. The van der Waals surface area contributed by atoms with E-state index in [2.05, 4.69) is 22.5 Å². The van der Waals surface area contributed by atoms with E-state index in [-0.39, 0.29) is 0 Å². The number of aromatic nitrogens is 2. The monoisotopic (exact) mass is 219 g/mol. The first-order valence-corrected chi connectivity index (χ1v) is 5.44. The van der Waals surface area contributed by atoms with Crippen molar-refractivity contribution in [2.75, 3.05) is 20.8 Å². The molecule has 0 saturated heterocycles. The van der Waals surface area contributed by atoms with Gasteiger partial charge in [0, 0.05) is 19.0 Å². The maximum atomic E-state index is 5.09. The van der Waals surface area contributed by atoms with Gasteiger partial charge in [-0.1, -0.05) is 18.2 Å². The molecular weight excluding hydrogens is 202 g/mol. The van der Waals surface area contributed by atoms with Crippen molar-refractivity contribution in [3.63, 3.8) is 0 Å². The molecule has 16 heavy (non-hydrogen) atoms. The molecule has 1 heterocycles. The normalized spacial score (nSPS) is 11.1. The summed E-state index contributed by atoms with van der Waals surface area (Å²) in [6.07, 6.45) is 0. The number of para-hydroxylation sites is 1. The molecule has 1 aromatic heterocycles. The van der Waals surface area contributed by atoms with Gasteiger partial charge in [-0.15, -0.1) is 0 Å². The van der Waals surface area contributed by atoms with Crippen molar-refractivity contribution in [1.82, 2.24) is 15.1 Å². The van der Waals surface area contributed by atoms with Crippen LogP contribution in [0.4, 0.5) is 0 Å². The lowest BCUT2D eigenvalue weighted by Gasteiger charge is -2.01. The minimum Gasteiger partial charge on any atom is -0.383 e. The smallest absolute Gasteiger partial charge is 0.0841 e. The molecule has 86 valence electrons. The van der Waals surface area contributed by atoms with Crippen LogP contribution in [-0.4, -0.2) is 30.5 Å². The zero-order chi connectivity index (χ0) is 11.4. The van der Waals surface area contributed by atoms with Gasteiger partial charge in [-0.2, -0.15) is 5.10 Å². The molecule has 0 aliphatic heterocycles. The molecule has 0 radical (unpaired) electrons. The Kier molecular flexibility index (Phi) is 3.54. The van der Waals surface area contributed by atoms with Crippen molar-refractivity contribution in [3.8, 4) is 0 Å². The predicted molar refractivity (Wildman–Crippen MR) is 64.4 cm³/mol. The van der Waals surface area contributed by atoms with Crippen LogP contribution in [0.2, 0.25) is 0 Å². The topological polar surface area (TPSA) is 39.1 Å². The van der Waals surface area contributed by atoms with Gasteiger partial charge in [-0.25, -0.2) is 0 Å². The van der Waals surface area contributed by atoms with Gasteiger partial charge in [-0.05, 0) is 13.1 Å². The Hall–Kier alpha value is -1.39. The van der Waals surface area contributed by atoms with Gasteiger partial charge in [0.05, 0.1) is 24.4 Å². The van der Waals surface area contributed by atoms with Crippen molar-refractivity contribution in [2.24, 2.45) is 0 Å². The summed E-state index contributed by atoms with van der Waals surface area (Å²) in [5, 5.41) is 8.94. The van der Waals surface area contributed by atoms with Gasteiger partial charge < -0.3 is 10.1 Å². The van der Waals surface area contributed by atoms with Crippen LogP contribution in [0.3, 0.4) is 0 Å². The fourth-order valence-electron chi connectivity index (χ4n) is 1.84. The molecule has 4 nitrogen and oxygen atoms in total. The Morgan fingerprint density at radius 2 is 2.19 bits per heavy atom. The number of benzene rings is 1. The average molecular weight is 219 g/mol. The molecule has 0 aliphatic rings. The molecule has 0 unspecified atom stereocenters. The van der Waals surface area contributed by atoms with Crippen molar-refractivity contribution in [2.45, 2.75) is 13.1 Å². The summed E-state index contributed by atoms with van der Waals surface area (Å²) in [6, 6.07) is 8.29. The molecule has 2 aromatic rings. The zero-order valence-corrected chi connectivity index (χ0v) is 9.73. The first kappa shape index (κ1) is 11.1. The standard InChI is InChI=1S/C12H17N3O/c1-13-9-11-10-5-3-4-6-12(10)15(14-11)7-8-16-2/h3-6,13H,7-9H2,1-2H3. The Bertz CT molecular complexity index is 464. The van der Waals surface area contributed by atoms with Crippen molar-refractivity contribution in [1.29, 1.82) is 0 Å². The minimum absolute atomic E-state index is 0.685. The minimum atomic E-state index is 0.685. The van der Waals surface area contributed by atoms with Crippen LogP contribution in [0.25, 0.3) is 10.9 Å². The Balaban J connectivity index is 2.40. The van der Waals surface area contributed by atoms with E-state index < -0.39 is 0 Å². The number of hydrogen-bond donors (Lipinski definition) is 1. The third kappa shape index (κ3) is 2.08. The quantitative estimate of drug-likeness (QED) is 0.826. The lowest BCUT2D eigenvalue weighted by molar-refractivity contribution is 0.184. The highest BCUT2D eigenvalue weighted by Crippen LogP contribution is 2.18. The van der Waals surface area contributed by atoms with E-state index in [1.807, 2.05) is 23.9 Å². The van der Waals surface area contributed by atoms with Crippen LogP contribution in [0, 0.1) is 0 Å². The summed E-state index contributed by atoms with van der Waals surface area (Å²) in [5.41, 5.74) is 2.26. The summed E-state index contributed by atoms with van der Waals surface area (Å²) >= 11 is 0. The molecule has 2 rings (SSSR count). The van der Waals surface area contributed by atoms with Crippen LogP contribution in [-0.2, 0) is 17.8 Å². The highest BCUT2D eigenvalue weighted by atomic mass is 16.5. The summed E-state index contributed by atoms with van der Waals surface area (Å²) < 4.78 is 7.09. The van der Waals surface area contributed by atoms with Gasteiger partial charge in [0.1, 0.15) is 0 Å². The third-order valence-electron chi connectivity index (χ3n) is 2.59. The van der Waals surface area contributed by atoms with Crippen LogP contribution in [0.15, 0.2) is 24.3 Å². The van der Waals surface area contributed by atoms with E-state index in [9.17, 15) is 0 Å². The second-order valence-electron chi connectivity index (χ2n) is 3.71. The second-order valence-corrected chi connectivity index (χ2v) is 3.71. The molecule has 4 heteroatoms. The summed E-state index contributed by atoms with van der Waals surface area (Å²) in [5.74, 6) is 0. The first-order chi connectivity index (χ1) is 7.86. The van der Waals surface area contributed by atoms with Gasteiger partial charge in [0.15, 0.2) is 0 Å². The van der Waals surface area contributed by atoms with Crippen LogP contribution in [0.5, 0.6) is 0 Å². The first-order valence-electron chi connectivity index (χ1n) is 5.44. The van der Waals surface area contributed by atoms with E-state index in [0.717, 1.165) is 18.8 Å². The van der Waals surface area contributed by atoms with E-state index in [4.69, 9.17) is 4.74 Å². The predicted octanol–water partition coefficient (Wildman–Crippen LogP) is 1.40. The largest absolute Gasteiger partial charge is 0.383 e. The van der Waals surface area contributed by atoms with Crippen LogP contribution >= 0.6 is 0 Å². The highest BCUT2D eigenvalue weighted by molar-refractivity contribution is 5.81. The SMILES string of the molecule is CNCc1nn(CCOC)c2ccccc12. The van der Waals surface area contributed by atoms with E-state index in [0.29, 0.717) is 6.61 Å². The fourth-order valence-corrected chi connectivity index (χ4v) is 1.84. The Labute approximate surface area is 95.2 Å². The van der Waals surface area contributed by atoms with E-state index in [1.54, 1.807) is 7.11 Å².